The van der Waals surface area contributed by atoms with Crippen molar-refractivity contribution in [1.29, 1.82) is 0 Å². The van der Waals surface area contributed by atoms with E-state index in [0.29, 0.717) is 5.75 Å². The standard InChI is InChI=1S/C7H11N5O2S/c1-12-4-9-11-7(12)15-3-2-5(13)10-6(8)14/h4H,2-3H2,1H3,(H3,8,10,13,14). The highest BCUT2D eigenvalue weighted by molar-refractivity contribution is 7.99. The van der Waals surface area contributed by atoms with Gasteiger partial charge in [-0.15, -0.1) is 10.2 Å². The predicted octanol–water partition coefficient (Wildman–Crippen LogP) is -0.508. The Labute approximate surface area is 90.4 Å². The molecule has 0 saturated carbocycles. The van der Waals surface area contributed by atoms with Gasteiger partial charge in [0.05, 0.1) is 0 Å². The smallest absolute Gasteiger partial charge is 0.318 e. The van der Waals surface area contributed by atoms with Gasteiger partial charge < -0.3 is 10.3 Å². The normalized spacial score (nSPS) is 9.93. The number of rotatable bonds is 4. The Bertz CT molecular complexity index is 364. The van der Waals surface area contributed by atoms with E-state index in [1.165, 1.54) is 11.8 Å². The Morgan fingerprint density at radius 1 is 1.67 bits per heavy atom. The van der Waals surface area contributed by atoms with E-state index in [-0.39, 0.29) is 6.42 Å². The van der Waals surface area contributed by atoms with Crippen molar-refractivity contribution in [2.45, 2.75) is 11.6 Å². The van der Waals surface area contributed by atoms with Gasteiger partial charge in [-0.3, -0.25) is 10.1 Å². The minimum atomic E-state index is -0.830. The quantitative estimate of drug-likeness (QED) is 0.677. The summed E-state index contributed by atoms with van der Waals surface area (Å²) < 4.78 is 1.75. The van der Waals surface area contributed by atoms with Crippen LogP contribution in [-0.2, 0) is 11.8 Å². The predicted molar refractivity (Wildman–Crippen MR) is 54.1 cm³/mol. The Kier molecular flexibility index (Phi) is 4.10. The first-order valence-electron chi connectivity index (χ1n) is 4.15. The maximum Gasteiger partial charge on any atom is 0.318 e. The fourth-order valence-corrected chi connectivity index (χ4v) is 1.66. The van der Waals surface area contributed by atoms with Gasteiger partial charge in [-0.1, -0.05) is 11.8 Å². The Morgan fingerprint density at radius 3 is 2.93 bits per heavy atom. The lowest BCUT2D eigenvalue weighted by Gasteiger charge is -2.00. The van der Waals surface area contributed by atoms with Crippen molar-refractivity contribution in [2.75, 3.05) is 5.75 Å². The molecule has 1 heterocycles. The number of nitrogens with one attached hydrogen (secondary N) is 1. The molecule has 1 aromatic rings. The molecule has 0 aliphatic heterocycles. The summed E-state index contributed by atoms with van der Waals surface area (Å²) >= 11 is 1.39. The Morgan fingerprint density at radius 2 is 2.40 bits per heavy atom. The fraction of sp³-hybridized carbons (Fsp3) is 0.429. The van der Waals surface area contributed by atoms with Crippen molar-refractivity contribution in [1.82, 2.24) is 20.1 Å². The molecule has 0 unspecified atom stereocenters. The number of aryl methyl sites for hydroxylation is 1. The zero-order valence-corrected chi connectivity index (χ0v) is 8.95. The molecule has 7 nitrogen and oxygen atoms in total. The molecule has 1 rings (SSSR count). The summed E-state index contributed by atoms with van der Waals surface area (Å²) in [5.74, 6) is 0.128. The number of nitrogens with two attached hydrogens (primary N) is 1. The van der Waals surface area contributed by atoms with Gasteiger partial charge in [0.1, 0.15) is 6.33 Å². The van der Waals surface area contributed by atoms with Gasteiger partial charge in [0.25, 0.3) is 0 Å². The van der Waals surface area contributed by atoms with Crippen LogP contribution in [0.25, 0.3) is 0 Å². The molecule has 82 valence electrons. The van der Waals surface area contributed by atoms with Crippen molar-refractivity contribution in [3.8, 4) is 0 Å². The van der Waals surface area contributed by atoms with Crippen molar-refractivity contribution in [3.63, 3.8) is 0 Å². The number of amides is 3. The summed E-state index contributed by atoms with van der Waals surface area (Å²) in [6.07, 6.45) is 1.78. The molecule has 0 aliphatic rings. The largest absolute Gasteiger partial charge is 0.351 e. The molecule has 0 aromatic carbocycles. The minimum Gasteiger partial charge on any atom is -0.351 e. The van der Waals surface area contributed by atoms with Crippen molar-refractivity contribution < 1.29 is 9.59 Å². The topological polar surface area (TPSA) is 103 Å². The van der Waals surface area contributed by atoms with Gasteiger partial charge in [0.15, 0.2) is 5.16 Å². The molecule has 0 bridgehead atoms. The molecule has 0 spiro atoms. The lowest BCUT2D eigenvalue weighted by molar-refractivity contribution is -0.119. The molecular formula is C7H11N5O2S. The van der Waals surface area contributed by atoms with Crippen LogP contribution in [0.3, 0.4) is 0 Å². The molecule has 8 heteroatoms. The van der Waals surface area contributed by atoms with E-state index in [0.717, 1.165) is 5.16 Å². The molecule has 15 heavy (non-hydrogen) atoms. The summed E-state index contributed by atoms with van der Waals surface area (Å²) in [6.45, 7) is 0. The lowest BCUT2D eigenvalue weighted by atomic mass is 10.4. The SMILES string of the molecule is Cn1cnnc1SCCC(=O)NC(N)=O. The number of primary amides is 1. The second-order valence-electron chi connectivity index (χ2n) is 2.74. The van der Waals surface area contributed by atoms with Crippen LogP contribution >= 0.6 is 11.8 Å². The lowest BCUT2D eigenvalue weighted by Crippen LogP contribution is -2.35. The van der Waals surface area contributed by atoms with Crippen LogP contribution in [0.2, 0.25) is 0 Å². The second kappa shape index (κ2) is 5.35. The molecule has 0 atom stereocenters. The molecule has 0 aliphatic carbocycles. The number of carbonyl (C=O) groups excluding carboxylic acids is 2. The fourth-order valence-electron chi connectivity index (χ4n) is 0.838. The number of urea groups is 1. The van der Waals surface area contributed by atoms with E-state index in [1.807, 2.05) is 12.4 Å². The van der Waals surface area contributed by atoms with Gasteiger partial charge in [0.2, 0.25) is 5.91 Å². The van der Waals surface area contributed by atoms with Gasteiger partial charge in [-0.05, 0) is 0 Å². The third-order valence-corrected chi connectivity index (χ3v) is 2.53. The summed E-state index contributed by atoms with van der Waals surface area (Å²) in [7, 11) is 1.81. The van der Waals surface area contributed by atoms with E-state index >= 15 is 0 Å². The van der Waals surface area contributed by atoms with Crippen LogP contribution in [0.4, 0.5) is 4.79 Å². The first-order chi connectivity index (χ1) is 7.09. The Hall–Kier alpha value is -1.57. The van der Waals surface area contributed by atoms with Crippen LogP contribution in [0.5, 0.6) is 0 Å². The number of thioether (sulfide) groups is 1. The average molecular weight is 229 g/mol. The number of nitrogens with zero attached hydrogens (tertiary/aromatic N) is 3. The molecule has 0 saturated heterocycles. The van der Waals surface area contributed by atoms with Crippen molar-refractivity contribution in [3.05, 3.63) is 6.33 Å². The van der Waals surface area contributed by atoms with E-state index in [1.54, 1.807) is 10.9 Å². The molecule has 0 fully saturated rings. The van der Waals surface area contributed by atoms with E-state index in [9.17, 15) is 9.59 Å². The zero-order valence-electron chi connectivity index (χ0n) is 8.14. The molecule has 1 aromatic heterocycles. The summed E-state index contributed by atoms with van der Waals surface area (Å²) in [5.41, 5.74) is 4.78. The summed E-state index contributed by atoms with van der Waals surface area (Å²) in [5, 5.41) is 10.2. The highest BCUT2D eigenvalue weighted by Gasteiger charge is 2.06. The van der Waals surface area contributed by atoms with Crippen LogP contribution < -0.4 is 11.1 Å². The van der Waals surface area contributed by atoms with Gasteiger partial charge in [-0.25, -0.2) is 4.79 Å². The van der Waals surface area contributed by atoms with Gasteiger partial charge in [-0.2, -0.15) is 0 Å². The summed E-state index contributed by atoms with van der Waals surface area (Å²) in [6, 6.07) is -0.830. The summed E-state index contributed by atoms with van der Waals surface area (Å²) in [4.78, 5) is 21.3. The average Bonchev–Trinajstić information content (AvgIpc) is 2.50. The monoisotopic (exact) mass is 229 g/mol. The van der Waals surface area contributed by atoms with Crippen molar-refractivity contribution >= 4 is 23.7 Å². The Balaban J connectivity index is 2.25. The maximum atomic E-state index is 11.0. The van der Waals surface area contributed by atoms with E-state index < -0.39 is 11.9 Å². The number of hydrogen-bond donors (Lipinski definition) is 2. The van der Waals surface area contributed by atoms with Gasteiger partial charge >= 0.3 is 6.03 Å². The third-order valence-electron chi connectivity index (χ3n) is 1.49. The first kappa shape index (κ1) is 11.5. The van der Waals surface area contributed by atoms with Gasteiger partial charge in [0, 0.05) is 19.2 Å². The molecule has 0 radical (unpaired) electrons. The van der Waals surface area contributed by atoms with Crippen LogP contribution in [0.1, 0.15) is 6.42 Å². The number of hydrogen-bond acceptors (Lipinski definition) is 5. The first-order valence-corrected chi connectivity index (χ1v) is 5.14. The number of carbonyl (C=O) groups is 2. The molecule has 3 N–H and O–H groups in total. The third kappa shape index (κ3) is 3.98. The van der Waals surface area contributed by atoms with Crippen LogP contribution in [0.15, 0.2) is 11.5 Å². The van der Waals surface area contributed by atoms with Crippen molar-refractivity contribution in [2.24, 2.45) is 12.8 Å². The van der Waals surface area contributed by atoms with E-state index in [4.69, 9.17) is 5.73 Å². The van der Waals surface area contributed by atoms with Crippen LogP contribution in [0, 0.1) is 0 Å². The maximum absolute atomic E-state index is 11.0. The molecular weight excluding hydrogens is 218 g/mol. The number of aromatic nitrogens is 3. The highest BCUT2D eigenvalue weighted by atomic mass is 32.2. The zero-order chi connectivity index (χ0) is 11.3. The minimum absolute atomic E-state index is 0.209. The number of imide groups is 1. The second-order valence-corrected chi connectivity index (χ2v) is 3.80. The molecule has 3 amide bonds. The van der Waals surface area contributed by atoms with Crippen LogP contribution in [-0.4, -0.2) is 32.5 Å². The highest BCUT2D eigenvalue weighted by Crippen LogP contribution is 2.13. The van der Waals surface area contributed by atoms with E-state index in [2.05, 4.69) is 10.2 Å².